The molecule has 3 rings (SSSR count). The number of benzene rings is 2. The number of pyridine rings is 1. The van der Waals surface area contributed by atoms with Gasteiger partial charge >= 0.3 is 0 Å². The molecule has 0 saturated heterocycles. The van der Waals surface area contributed by atoms with Crippen molar-refractivity contribution in [3.8, 4) is 0 Å². The summed E-state index contributed by atoms with van der Waals surface area (Å²) in [6.45, 7) is 8.70. The normalized spacial score (nSPS) is 10.8. The van der Waals surface area contributed by atoms with Gasteiger partial charge in [0.15, 0.2) is 0 Å². The highest BCUT2D eigenvalue weighted by molar-refractivity contribution is 14.0. The monoisotopic (exact) mass is 495 g/mol. The van der Waals surface area contributed by atoms with Crippen LogP contribution in [0.4, 0.5) is 11.4 Å². The summed E-state index contributed by atoms with van der Waals surface area (Å²) in [6.07, 6.45) is 2.97. The van der Waals surface area contributed by atoms with E-state index in [4.69, 9.17) is 11.6 Å². The van der Waals surface area contributed by atoms with Crippen LogP contribution in [0.15, 0.2) is 60.8 Å². The maximum Gasteiger partial charge on any atom is 0.0737 e. The molecule has 0 radical (unpaired) electrons. The van der Waals surface area contributed by atoms with Gasteiger partial charge in [-0.1, -0.05) is 43.6 Å². The molecule has 0 N–H and O–H groups in total. The van der Waals surface area contributed by atoms with Gasteiger partial charge in [0.25, 0.3) is 0 Å². The Morgan fingerprint density at radius 1 is 0.926 bits per heavy atom. The van der Waals surface area contributed by atoms with Crippen molar-refractivity contribution < 1.29 is 0 Å². The molecule has 0 atom stereocenters. The topological polar surface area (TPSA) is 19.4 Å². The second kappa shape index (κ2) is 10.8. The second-order valence-corrected chi connectivity index (χ2v) is 6.80. The number of hydrogen-bond acceptors (Lipinski definition) is 3. The third kappa shape index (κ3) is 5.56. The molecule has 1 heterocycles. The smallest absolute Gasteiger partial charge is 0.0737 e. The predicted octanol–water partition coefficient (Wildman–Crippen LogP) is 6.38. The van der Waals surface area contributed by atoms with Crippen molar-refractivity contribution in [1.29, 1.82) is 0 Å². The Hall–Kier alpha value is -1.37. The molecule has 0 amide bonds. The maximum absolute atomic E-state index is 6.16. The molecule has 0 fully saturated rings. The van der Waals surface area contributed by atoms with Gasteiger partial charge in [-0.2, -0.15) is 0 Å². The number of aromatic nitrogens is 1. The van der Waals surface area contributed by atoms with Crippen molar-refractivity contribution >= 4 is 57.9 Å². The molecule has 0 aliphatic rings. The van der Waals surface area contributed by atoms with Gasteiger partial charge in [-0.3, -0.25) is 4.98 Å². The van der Waals surface area contributed by atoms with Crippen LogP contribution in [0.5, 0.6) is 0 Å². The van der Waals surface area contributed by atoms with Crippen molar-refractivity contribution in [2.24, 2.45) is 0 Å². The minimum atomic E-state index is 0. The Labute approximate surface area is 184 Å². The summed E-state index contributed by atoms with van der Waals surface area (Å²) in [7, 11) is 0. The molecule has 144 valence electrons. The van der Waals surface area contributed by atoms with Crippen LogP contribution in [-0.2, 0) is 0 Å². The third-order valence-electron chi connectivity index (χ3n) is 4.79. The largest absolute Gasteiger partial charge is 0.341 e. The first-order valence-corrected chi connectivity index (χ1v) is 9.70. The standard InChI is InChI=1S/C22H26ClN3.HI/c1-3-25(4-2)15-8-16-26(19-9-6-5-7-10-19)22-13-14-24-21-17-18(23)11-12-20(21)22;/h5-7,9-14,17H,3-4,8,15-16H2,1-2H3;1H. The molecule has 2 aromatic carbocycles. The molecular weight excluding hydrogens is 469 g/mol. The molecule has 0 saturated carbocycles. The Balaban J connectivity index is 0.00000261. The minimum absolute atomic E-state index is 0. The zero-order valence-corrected chi connectivity index (χ0v) is 19.0. The fraction of sp³-hybridized carbons (Fsp3) is 0.318. The summed E-state index contributed by atoms with van der Waals surface area (Å²) in [5.74, 6) is 0. The quantitative estimate of drug-likeness (QED) is 0.338. The van der Waals surface area contributed by atoms with E-state index in [1.165, 1.54) is 11.4 Å². The Morgan fingerprint density at radius 2 is 1.67 bits per heavy atom. The summed E-state index contributed by atoms with van der Waals surface area (Å²) in [6, 6.07) is 18.6. The molecule has 5 heteroatoms. The average Bonchev–Trinajstić information content (AvgIpc) is 2.68. The van der Waals surface area contributed by atoms with E-state index >= 15 is 0 Å². The van der Waals surface area contributed by atoms with Crippen molar-refractivity contribution in [2.75, 3.05) is 31.1 Å². The first-order chi connectivity index (χ1) is 12.7. The van der Waals surface area contributed by atoms with Gasteiger partial charge < -0.3 is 9.80 Å². The van der Waals surface area contributed by atoms with Crippen molar-refractivity contribution in [1.82, 2.24) is 9.88 Å². The van der Waals surface area contributed by atoms with Crippen LogP contribution < -0.4 is 4.90 Å². The molecule has 3 aromatic rings. The van der Waals surface area contributed by atoms with Gasteiger partial charge in [0.1, 0.15) is 0 Å². The lowest BCUT2D eigenvalue weighted by Gasteiger charge is -2.27. The van der Waals surface area contributed by atoms with E-state index in [0.717, 1.165) is 48.5 Å². The highest BCUT2D eigenvalue weighted by Gasteiger charge is 2.13. The fourth-order valence-corrected chi connectivity index (χ4v) is 3.50. The lowest BCUT2D eigenvalue weighted by Crippen LogP contribution is -2.28. The lowest BCUT2D eigenvalue weighted by molar-refractivity contribution is 0.301. The molecule has 1 aromatic heterocycles. The van der Waals surface area contributed by atoms with Crippen LogP contribution in [0, 0.1) is 0 Å². The van der Waals surface area contributed by atoms with Crippen LogP contribution in [0.2, 0.25) is 5.02 Å². The van der Waals surface area contributed by atoms with Gasteiger partial charge in [-0.15, -0.1) is 24.0 Å². The molecule has 27 heavy (non-hydrogen) atoms. The third-order valence-corrected chi connectivity index (χ3v) is 5.03. The van der Waals surface area contributed by atoms with Crippen molar-refractivity contribution in [3.05, 3.63) is 65.8 Å². The van der Waals surface area contributed by atoms with Gasteiger partial charge in [0.05, 0.1) is 11.2 Å². The molecule has 0 aliphatic carbocycles. The van der Waals surface area contributed by atoms with E-state index in [1.807, 2.05) is 18.3 Å². The van der Waals surface area contributed by atoms with Crippen LogP contribution in [0.25, 0.3) is 10.9 Å². The Kier molecular flexibility index (Phi) is 8.80. The highest BCUT2D eigenvalue weighted by atomic mass is 127. The highest BCUT2D eigenvalue weighted by Crippen LogP contribution is 2.32. The van der Waals surface area contributed by atoms with E-state index in [9.17, 15) is 0 Å². The number of nitrogens with zero attached hydrogens (tertiary/aromatic N) is 3. The minimum Gasteiger partial charge on any atom is -0.341 e. The average molecular weight is 496 g/mol. The summed E-state index contributed by atoms with van der Waals surface area (Å²) in [4.78, 5) is 9.35. The lowest BCUT2D eigenvalue weighted by atomic mass is 10.1. The van der Waals surface area contributed by atoms with E-state index in [1.54, 1.807) is 0 Å². The van der Waals surface area contributed by atoms with Gasteiger partial charge in [-0.05, 0) is 62.5 Å². The number of anilines is 2. The molecule has 0 unspecified atom stereocenters. The first kappa shape index (κ1) is 21.9. The zero-order chi connectivity index (χ0) is 18.4. The van der Waals surface area contributed by atoms with E-state index < -0.39 is 0 Å². The van der Waals surface area contributed by atoms with Crippen LogP contribution >= 0.6 is 35.6 Å². The molecule has 0 spiro atoms. The molecule has 0 bridgehead atoms. The fourth-order valence-electron chi connectivity index (χ4n) is 3.33. The van der Waals surface area contributed by atoms with E-state index in [0.29, 0.717) is 0 Å². The predicted molar refractivity (Wildman–Crippen MR) is 128 cm³/mol. The molecule has 0 aliphatic heterocycles. The van der Waals surface area contributed by atoms with Gasteiger partial charge in [0.2, 0.25) is 0 Å². The molecule has 3 nitrogen and oxygen atoms in total. The van der Waals surface area contributed by atoms with Gasteiger partial charge in [0, 0.05) is 28.8 Å². The number of fused-ring (bicyclic) bond motifs is 1. The summed E-state index contributed by atoms with van der Waals surface area (Å²) in [5.41, 5.74) is 3.31. The van der Waals surface area contributed by atoms with Crippen LogP contribution in [0.3, 0.4) is 0 Å². The van der Waals surface area contributed by atoms with Crippen LogP contribution in [-0.4, -0.2) is 36.1 Å². The summed E-state index contributed by atoms with van der Waals surface area (Å²) >= 11 is 6.16. The van der Waals surface area contributed by atoms with Crippen molar-refractivity contribution in [2.45, 2.75) is 20.3 Å². The van der Waals surface area contributed by atoms with E-state index in [2.05, 4.69) is 71.1 Å². The zero-order valence-electron chi connectivity index (χ0n) is 15.9. The number of rotatable bonds is 8. The van der Waals surface area contributed by atoms with Crippen LogP contribution in [0.1, 0.15) is 20.3 Å². The number of hydrogen-bond donors (Lipinski definition) is 0. The van der Waals surface area contributed by atoms with E-state index in [-0.39, 0.29) is 24.0 Å². The SMILES string of the molecule is CCN(CC)CCCN(c1ccccc1)c1ccnc2cc(Cl)ccc12.I. The second-order valence-electron chi connectivity index (χ2n) is 6.36. The Morgan fingerprint density at radius 3 is 2.37 bits per heavy atom. The molecular formula is C22H27ClIN3. The maximum atomic E-state index is 6.16. The van der Waals surface area contributed by atoms with Gasteiger partial charge in [-0.25, -0.2) is 0 Å². The van der Waals surface area contributed by atoms with Crippen molar-refractivity contribution in [3.63, 3.8) is 0 Å². The first-order valence-electron chi connectivity index (χ1n) is 9.32. The number of halogens is 2. The Bertz CT molecular complexity index is 837. The summed E-state index contributed by atoms with van der Waals surface area (Å²) < 4.78 is 0. The summed E-state index contributed by atoms with van der Waals surface area (Å²) in [5, 5.41) is 1.85. The number of para-hydroxylation sites is 1.